The van der Waals surface area contributed by atoms with Crippen LogP contribution in [0.1, 0.15) is 53.4 Å². The Bertz CT molecular complexity index is 354. The van der Waals surface area contributed by atoms with E-state index in [9.17, 15) is 14.4 Å². The number of amides is 2. The van der Waals surface area contributed by atoms with E-state index in [2.05, 4.69) is 5.32 Å². The molecule has 0 fully saturated rings. The summed E-state index contributed by atoms with van der Waals surface area (Å²) in [4.78, 5) is 35.8. The van der Waals surface area contributed by atoms with Gasteiger partial charge in [-0.05, 0) is 26.2 Å². The van der Waals surface area contributed by atoms with Gasteiger partial charge in [0.25, 0.3) is 0 Å². The number of carboxylic acids is 1. The summed E-state index contributed by atoms with van der Waals surface area (Å²) in [5.74, 6) is -0.763. The van der Waals surface area contributed by atoms with E-state index in [1.165, 1.54) is 0 Å². The van der Waals surface area contributed by atoms with Gasteiger partial charge >= 0.3 is 5.97 Å². The van der Waals surface area contributed by atoms with E-state index in [0.717, 1.165) is 0 Å². The molecule has 0 heterocycles. The number of hydrogen-bond donors (Lipinski definition) is 2. The Hall–Kier alpha value is -1.59. The molecule has 0 bridgehead atoms. The van der Waals surface area contributed by atoms with Gasteiger partial charge < -0.3 is 15.3 Å². The summed E-state index contributed by atoms with van der Waals surface area (Å²) in [5.41, 5.74) is 0. The second-order valence-electron chi connectivity index (χ2n) is 5.95. The topological polar surface area (TPSA) is 86.7 Å². The van der Waals surface area contributed by atoms with Gasteiger partial charge in [0, 0.05) is 32.0 Å². The Balaban J connectivity index is 4.21. The smallest absolute Gasteiger partial charge is 0.305 e. The van der Waals surface area contributed by atoms with Gasteiger partial charge in [-0.1, -0.05) is 13.8 Å². The molecule has 0 unspecified atom stereocenters. The maximum atomic E-state index is 12.1. The minimum Gasteiger partial charge on any atom is -0.481 e. The molecule has 6 heteroatoms. The number of carboxylic acid groups (broad SMARTS) is 1. The van der Waals surface area contributed by atoms with Crippen LogP contribution in [0.2, 0.25) is 0 Å². The third-order valence-electron chi connectivity index (χ3n) is 2.78. The molecule has 0 aliphatic carbocycles. The van der Waals surface area contributed by atoms with Crippen LogP contribution in [0.4, 0.5) is 0 Å². The molecule has 2 amide bonds. The fraction of sp³-hybridized carbons (Fsp3) is 0.800. The zero-order valence-electron chi connectivity index (χ0n) is 13.5. The molecule has 0 aromatic heterocycles. The lowest BCUT2D eigenvalue weighted by atomic mass is 10.1. The van der Waals surface area contributed by atoms with Crippen molar-refractivity contribution < 1.29 is 19.5 Å². The number of nitrogens with zero attached hydrogens (tertiary/aromatic N) is 1. The van der Waals surface area contributed by atoms with Crippen molar-refractivity contribution in [1.82, 2.24) is 10.2 Å². The Morgan fingerprint density at radius 3 is 2.14 bits per heavy atom. The van der Waals surface area contributed by atoms with Gasteiger partial charge in [-0.15, -0.1) is 0 Å². The molecule has 0 rings (SSSR count). The van der Waals surface area contributed by atoms with E-state index in [0.29, 0.717) is 19.4 Å². The molecule has 0 saturated heterocycles. The van der Waals surface area contributed by atoms with Crippen molar-refractivity contribution >= 4 is 17.8 Å². The molecule has 122 valence electrons. The van der Waals surface area contributed by atoms with Gasteiger partial charge in [0.2, 0.25) is 11.8 Å². The Kier molecular flexibility index (Phi) is 9.41. The second kappa shape index (κ2) is 10.2. The molecule has 0 atom stereocenters. The van der Waals surface area contributed by atoms with Crippen LogP contribution in [0.25, 0.3) is 0 Å². The van der Waals surface area contributed by atoms with Crippen molar-refractivity contribution in [2.24, 2.45) is 5.92 Å². The highest BCUT2D eigenvalue weighted by atomic mass is 16.4. The number of carbonyl (C=O) groups is 3. The van der Waals surface area contributed by atoms with Gasteiger partial charge in [0.05, 0.1) is 6.42 Å². The number of aliphatic carboxylic acids is 1. The highest BCUT2D eigenvalue weighted by molar-refractivity contribution is 5.79. The van der Waals surface area contributed by atoms with Gasteiger partial charge in [-0.2, -0.15) is 0 Å². The van der Waals surface area contributed by atoms with Crippen molar-refractivity contribution in [2.75, 3.05) is 13.1 Å². The van der Waals surface area contributed by atoms with Crippen molar-refractivity contribution in [3.63, 3.8) is 0 Å². The van der Waals surface area contributed by atoms with Crippen molar-refractivity contribution in [1.29, 1.82) is 0 Å². The fourth-order valence-electron chi connectivity index (χ4n) is 1.94. The fourth-order valence-corrected chi connectivity index (χ4v) is 1.94. The number of carbonyl (C=O) groups excluding carboxylic acids is 2. The standard InChI is InChI=1S/C15H28N2O4/c1-11(2)10-17(9-8-15(20)21)14(19)7-5-6-13(18)16-12(3)4/h11-12H,5-10H2,1-4H3,(H,16,18)(H,20,21). The summed E-state index contributed by atoms with van der Waals surface area (Å²) in [6.07, 6.45) is 1.03. The second-order valence-corrected chi connectivity index (χ2v) is 5.95. The summed E-state index contributed by atoms with van der Waals surface area (Å²) < 4.78 is 0. The van der Waals surface area contributed by atoms with Crippen molar-refractivity contribution in [3.05, 3.63) is 0 Å². The molecule has 0 aromatic carbocycles. The molecule has 6 nitrogen and oxygen atoms in total. The molecule has 0 radical (unpaired) electrons. The normalized spacial score (nSPS) is 10.8. The molecule has 0 spiro atoms. The van der Waals surface area contributed by atoms with E-state index < -0.39 is 5.97 Å². The minimum absolute atomic E-state index is 0.0493. The van der Waals surface area contributed by atoms with Crippen LogP contribution in [-0.2, 0) is 14.4 Å². The predicted octanol–water partition coefficient (Wildman–Crippen LogP) is 1.64. The minimum atomic E-state index is -0.909. The first kappa shape index (κ1) is 19.4. The van der Waals surface area contributed by atoms with Gasteiger partial charge in [-0.3, -0.25) is 14.4 Å². The highest BCUT2D eigenvalue weighted by Crippen LogP contribution is 2.06. The molecule has 0 aliphatic heterocycles. The molecule has 0 aliphatic rings. The Morgan fingerprint density at radius 1 is 1.05 bits per heavy atom. The van der Waals surface area contributed by atoms with Gasteiger partial charge in [0.1, 0.15) is 0 Å². The molecular weight excluding hydrogens is 272 g/mol. The van der Waals surface area contributed by atoms with Crippen LogP contribution in [-0.4, -0.2) is 46.9 Å². The average molecular weight is 300 g/mol. The maximum absolute atomic E-state index is 12.1. The monoisotopic (exact) mass is 300 g/mol. The number of nitrogens with one attached hydrogen (secondary N) is 1. The average Bonchev–Trinajstić information content (AvgIpc) is 2.32. The molecule has 0 aromatic rings. The van der Waals surface area contributed by atoms with Gasteiger partial charge in [0.15, 0.2) is 0 Å². The van der Waals surface area contributed by atoms with Crippen molar-refractivity contribution in [2.45, 2.75) is 59.4 Å². The Morgan fingerprint density at radius 2 is 1.67 bits per heavy atom. The van der Waals surface area contributed by atoms with Crippen LogP contribution in [0, 0.1) is 5.92 Å². The highest BCUT2D eigenvalue weighted by Gasteiger charge is 2.16. The first-order valence-corrected chi connectivity index (χ1v) is 7.51. The summed E-state index contributed by atoms with van der Waals surface area (Å²) >= 11 is 0. The predicted molar refractivity (Wildman–Crippen MR) is 80.8 cm³/mol. The van der Waals surface area contributed by atoms with Crippen LogP contribution < -0.4 is 5.32 Å². The number of rotatable bonds is 10. The first-order valence-electron chi connectivity index (χ1n) is 7.51. The largest absolute Gasteiger partial charge is 0.481 e. The summed E-state index contributed by atoms with van der Waals surface area (Å²) in [5, 5.41) is 11.5. The lowest BCUT2D eigenvalue weighted by molar-refractivity contribution is -0.138. The van der Waals surface area contributed by atoms with E-state index in [-0.39, 0.29) is 43.2 Å². The molecular formula is C15H28N2O4. The van der Waals surface area contributed by atoms with Gasteiger partial charge in [-0.25, -0.2) is 0 Å². The summed E-state index contributed by atoms with van der Waals surface area (Å²) in [6, 6.07) is 0.0983. The lowest BCUT2D eigenvalue weighted by Crippen LogP contribution is -2.36. The number of hydrogen-bond acceptors (Lipinski definition) is 3. The third kappa shape index (κ3) is 10.8. The van der Waals surface area contributed by atoms with E-state index in [4.69, 9.17) is 5.11 Å². The van der Waals surface area contributed by atoms with Crippen molar-refractivity contribution in [3.8, 4) is 0 Å². The SMILES string of the molecule is CC(C)CN(CCC(=O)O)C(=O)CCCC(=O)NC(C)C. The third-order valence-corrected chi connectivity index (χ3v) is 2.78. The quantitative estimate of drug-likeness (QED) is 0.642. The summed E-state index contributed by atoms with van der Waals surface area (Å²) in [7, 11) is 0. The molecule has 0 saturated carbocycles. The van der Waals surface area contributed by atoms with Crippen LogP contribution >= 0.6 is 0 Å². The van der Waals surface area contributed by atoms with E-state index in [1.54, 1.807) is 4.90 Å². The maximum Gasteiger partial charge on any atom is 0.305 e. The zero-order valence-corrected chi connectivity index (χ0v) is 13.5. The van der Waals surface area contributed by atoms with E-state index >= 15 is 0 Å². The Labute approximate surface area is 126 Å². The van der Waals surface area contributed by atoms with Crippen LogP contribution in [0.5, 0.6) is 0 Å². The summed E-state index contributed by atoms with van der Waals surface area (Å²) in [6.45, 7) is 8.52. The zero-order chi connectivity index (χ0) is 16.4. The first-order chi connectivity index (χ1) is 9.72. The molecule has 2 N–H and O–H groups in total. The lowest BCUT2D eigenvalue weighted by Gasteiger charge is -2.24. The van der Waals surface area contributed by atoms with E-state index in [1.807, 2.05) is 27.7 Å². The molecule has 21 heavy (non-hydrogen) atoms. The van der Waals surface area contributed by atoms with Crippen LogP contribution in [0.3, 0.4) is 0 Å². The van der Waals surface area contributed by atoms with Crippen LogP contribution in [0.15, 0.2) is 0 Å².